The molecule has 0 spiro atoms. The van der Waals surface area contributed by atoms with Gasteiger partial charge in [-0.25, -0.2) is 18.7 Å². The fraction of sp³-hybridized carbons (Fsp3) is 0.333. The zero-order valence-electron chi connectivity index (χ0n) is 20.7. The molecule has 8 nitrogen and oxygen atoms in total. The molecule has 2 aliphatic heterocycles. The molecule has 0 amide bonds. The molecule has 4 aromatic rings. The van der Waals surface area contributed by atoms with Crippen LogP contribution in [0.2, 0.25) is 0 Å². The summed E-state index contributed by atoms with van der Waals surface area (Å²) in [5.74, 6) is 0.0457. The third-order valence-electron chi connectivity index (χ3n) is 6.74. The maximum atomic E-state index is 15.0. The average molecular weight is 507 g/mol. The van der Waals surface area contributed by atoms with Gasteiger partial charge in [0, 0.05) is 54.9 Å². The van der Waals surface area contributed by atoms with E-state index in [-0.39, 0.29) is 23.4 Å². The van der Waals surface area contributed by atoms with E-state index in [0.29, 0.717) is 24.4 Å². The first-order valence-corrected chi connectivity index (χ1v) is 12.5. The van der Waals surface area contributed by atoms with Crippen molar-refractivity contribution >= 4 is 34.2 Å². The Morgan fingerprint density at radius 3 is 2.68 bits per heavy atom. The number of benzene rings is 2. The zero-order valence-corrected chi connectivity index (χ0v) is 20.7. The normalized spacial score (nSPS) is 15.7. The van der Waals surface area contributed by atoms with Crippen LogP contribution in [-0.2, 0) is 0 Å². The van der Waals surface area contributed by atoms with Crippen molar-refractivity contribution in [3.8, 4) is 17.0 Å². The van der Waals surface area contributed by atoms with Crippen LogP contribution in [0.1, 0.15) is 13.8 Å². The Morgan fingerprint density at radius 2 is 1.86 bits per heavy atom. The third-order valence-corrected chi connectivity index (χ3v) is 6.74. The van der Waals surface area contributed by atoms with Crippen molar-refractivity contribution in [1.29, 1.82) is 0 Å². The largest absolute Gasteiger partial charge is 0.486 e. The van der Waals surface area contributed by atoms with Crippen LogP contribution in [0.25, 0.3) is 22.2 Å². The molecule has 4 heterocycles. The summed E-state index contributed by atoms with van der Waals surface area (Å²) in [6.07, 6.45) is 1.09. The first-order valence-electron chi connectivity index (χ1n) is 12.5. The first-order chi connectivity index (χ1) is 18.0. The third kappa shape index (κ3) is 4.53. The molecule has 0 atom stereocenters. The molecule has 192 valence electrons. The molecule has 2 aromatic carbocycles. The van der Waals surface area contributed by atoms with Crippen molar-refractivity contribution in [1.82, 2.24) is 15.3 Å². The van der Waals surface area contributed by atoms with Gasteiger partial charge in [0.05, 0.1) is 18.4 Å². The molecule has 6 rings (SSSR count). The van der Waals surface area contributed by atoms with Gasteiger partial charge >= 0.3 is 0 Å². The van der Waals surface area contributed by atoms with E-state index in [1.165, 1.54) is 6.07 Å². The number of fused-ring (bicyclic) bond motifs is 2. The quantitative estimate of drug-likeness (QED) is 0.395. The summed E-state index contributed by atoms with van der Waals surface area (Å²) in [5.41, 5.74) is 2.43. The molecule has 1 saturated heterocycles. The zero-order chi connectivity index (χ0) is 25.5. The number of hydrogen-bond acceptors (Lipinski definition) is 8. The van der Waals surface area contributed by atoms with Gasteiger partial charge in [-0.15, -0.1) is 0 Å². The molecule has 0 bridgehead atoms. The SMILES string of the molecule is CC(C)N1CCOc2c(F)cc(-c3nc(Nc4ccc5oc(N6CCNCC6)cc5c4)ncc3F)cc21. The Balaban J connectivity index is 1.30. The van der Waals surface area contributed by atoms with Crippen LogP contribution in [0.15, 0.2) is 47.0 Å². The highest BCUT2D eigenvalue weighted by atomic mass is 19.1. The highest BCUT2D eigenvalue weighted by Crippen LogP contribution is 2.39. The maximum Gasteiger partial charge on any atom is 0.227 e. The van der Waals surface area contributed by atoms with Gasteiger partial charge < -0.3 is 29.6 Å². The number of furan rings is 1. The monoisotopic (exact) mass is 506 g/mol. The van der Waals surface area contributed by atoms with E-state index >= 15 is 0 Å². The van der Waals surface area contributed by atoms with E-state index in [2.05, 4.69) is 25.5 Å². The van der Waals surface area contributed by atoms with Gasteiger partial charge in [0.1, 0.15) is 17.9 Å². The van der Waals surface area contributed by atoms with E-state index < -0.39 is 11.6 Å². The summed E-state index contributed by atoms with van der Waals surface area (Å²) in [7, 11) is 0. The van der Waals surface area contributed by atoms with Gasteiger partial charge in [-0.2, -0.15) is 0 Å². The van der Waals surface area contributed by atoms with Crippen molar-refractivity contribution in [3.63, 3.8) is 0 Å². The Morgan fingerprint density at radius 1 is 1.03 bits per heavy atom. The van der Waals surface area contributed by atoms with E-state index in [0.717, 1.165) is 54.9 Å². The lowest BCUT2D eigenvalue weighted by Crippen LogP contribution is -2.43. The lowest BCUT2D eigenvalue weighted by molar-refractivity contribution is 0.287. The lowest BCUT2D eigenvalue weighted by Gasteiger charge is -2.34. The Labute approximate surface area is 213 Å². The van der Waals surface area contributed by atoms with Gasteiger partial charge in [-0.3, -0.25) is 0 Å². The molecule has 2 N–H and O–H groups in total. The van der Waals surface area contributed by atoms with Crippen molar-refractivity contribution < 1.29 is 17.9 Å². The molecule has 0 unspecified atom stereocenters. The van der Waals surface area contributed by atoms with Crippen LogP contribution >= 0.6 is 0 Å². The second-order valence-corrected chi connectivity index (χ2v) is 9.53. The fourth-order valence-electron chi connectivity index (χ4n) is 4.88. The van der Waals surface area contributed by atoms with E-state index in [1.54, 1.807) is 6.07 Å². The summed E-state index contributed by atoms with van der Waals surface area (Å²) in [4.78, 5) is 12.8. The summed E-state index contributed by atoms with van der Waals surface area (Å²) in [6, 6.07) is 10.8. The van der Waals surface area contributed by atoms with Gasteiger partial charge in [0.2, 0.25) is 5.95 Å². The number of piperazine rings is 1. The van der Waals surface area contributed by atoms with Gasteiger partial charge in [0.15, 0.2) is 23.3 Å². The minimum absolute atomic E-state index is 0.0128. The van der Waals surface area contributed by atoms with Crippen LogP contribution in [-0.4, -0.2) is 55.3 Å². The number of halogens is 2. The van der Waals surface area contributed by atoms with E-state index in [4.69, 9.17) is 9.15 Å². The number of ether oxygens (including phenoxy) is 1. The van der Waals surface area contributed by atoms with E-state index in [1.807, 2.05) is 43.0 Å². The minimum Gasteiger partial charge on any atom is -0.486 e. The maximum absolute atomic E-state index is 15.0. The number of hydrogen-bond donors (Lipinski definition) is 2. The summed E-state index contributed by atoms with van der Waals surface area (Å²) < 4.78 is 41.4. The number of nitrogens with one attached hydrogen (secondary N) is 2. The molecule has 0 radical (unpaired) electrons. The predicted octanol–water partition coefficient (Wildman–Crippen LogP) is 4.93. The smallest absolute Gasteiger partial charge is 0.227 e. The molecule has 2 aromatic heterocycles. The number of aromatic nitrogens is 2. The molecule has 2 aliphatic rings. The van der Waals surface area contributed by atoms with E-state index in [9.17, 15) is 8.78 Å². The summed E-state index contributed by atoms with van der Waals surface area (Å²) in [6.45, 7) is 8.69. The molecule has 37 heavy (non-hydrogen) atoms. The molecule has 1 fully saturated rings. The van der Waals surface area contributed by atoms with Gasteiger partial charge in [-0.05, 0) is 44.2 Å². The second-order valence-electron chi connectivity index (χ2n) is 9.53. The fourth-order valence-corrected chi connectivity index (χ4v) is 4.88. The van der Waals surface area contributed by atoms with Gasteiger partial charge in [-0.1, -0.05) is 0 Å². The standard InChI is InChI=1S/C27H28F2N6O2/c1-16(2)35-9-10-36-26-20(28)12-18(13-22(26)35)25-21(29)15-31-27(33-25)32-19-3-4-23-17(11-19)14-24(37-23)34-7-5-30-6-8-34/h3-4,11-16,30H,5-10H2,1-2H3,(H,31,32,33). The van der Waals surface area contributed by atoms with Crippen LogP contribution in [0.4, 0.5) is 32.0 Å². The Bertz CT molecular complexity index is 1450. The number of rotatable bonds is 5. The molecule has 10 heteroatoms. The minimum atomic E-state index is -0.635. The van der Waals surface area contributed by atoms with Crippen molar-refractivity contribution in [2.45, 2.75) is 19.9 Å². The average Bonchev–Trinajstić information content (AvgIpc) is 3.33. The Hall–Kier alpha value is -3.92. The van der Waals surface area contributed by atoms with Crippen LogP contribution in [0.5, 0.6) is 5.75 Å². The highest BCUT2D eigenvalue weighted by Gasteiger charge is 2.26. The van der Waals surface area contributed by atoms with Crippen LogP contribution in [0, 0.1) is 11.6 Å². The van der Waals surface area contributed by atoms with Crippen molar-refractivity contribution in [2.24, 2.45) is 0 Å². The molecule has 0 aliphatic carbocycles. The Kier molecular flexibility index (Phi) is 6.03. The number of anilines is 4. The summed E-state index contributed by atoms with van der Waals surface area (Å²) >= 11 is 0. The summed E-state index contributed by atoms with van der Waals surface area (Å²) in [5, 5.41) is 7.42. The van der Waals surface area contributed by atoms with Crippen LogP contribution < -0.4 is 25.2 Å². The molecular formula is C27H28F2N6O2. The van der Waals surface area contributed by atoms with Gasteiger partial charge in [0.25, 0.3) is 0 Å². The topological polar surface area (TPSA) is 78.7 Å². The molecule has 0 saturated carbocycles. The lowest BCUT2D eigenvalue weighted by atomic mass is 10.1. The number of nitrogens with zero attached hydrogens (tertiary/aromatic N) is 4. The second kappa shape index (κ2) is 9.51. The van der Waals surface area contributed by atoms with Crippen molar-refractivity contribution in [2.75, 3.05) is 54.4 Å². The van der Waals surface area contributed by atoms with Crippen molar-refractivity contribution in [3.05, 3.63) is 54.2 Å². The predicted molar refractivity (Wildman–Crippen MR) is 140 cm³/mol. The molecular weight excluding hydrogens is 478 g/mol. The first kappa shape index (κ1) is 23.5. The van der Waals surface area contributed by atoms with Crippen LogP contribution in [0.3, 0.4) is 0 Å². The highest BCUT2D eigenvalue weighted by molar-refractivity contribution is 5.85.